The topological polar surface area (TPSA) is 57.7 Å². The Kier molecular flexibility index (Phi) is 4.49. The average Bonchev–Trinajstić information content (AvgIpc) is 2.79. The minimum atomic E-state index is -0.789. The molecule has 24 heavy (non-hydrogen) atoms. The first-order valence-electron chi connectivity index (χ1n) is 7.47. The number of urea groups is 1. The van der Waals surface area contributed by atoms with Crippen LogP contribution >= 0.6 is 15.9 Å². The van der Waals surface area contributed by atoms with Gasteiger partial charge in [-0.1, -0.05) is 58.4 Å². The van der Waals surface area contributed by atoms with Crippen LogP contribution in [0.2, 0.25) is 0 Å². The number of nitrogens with zero attached hydrogens (tertiary/aromatic N) is 2. The number of hydrogen-bond donors (Lipinski definition) is 0. The molecular weight excluding hydrogens is 372 g/mol. The molecule has 0 spiro atoms. The maximum absolute atomic E-state index is 12.6. The van der Waals surface area contributed by atoms with Crippen molar-refractivity contribution in [1.29, 1.82) is 0 Å². The highest BCUT2D eigenvalue weighted by Gasteiger charge is 2.46. The van der Waals surface area contributed by atoms with Gasteiger partial charge in [0.15, 0.2) is 0 Å². The van der Waals surface area contributed by atoms with Gasteiger partial charge in [0.1, 0.15) is 0 Å². The number of imide groups is 2. The molecule has 0 aromatic heterocycles. The van der Waals surface area contributed by atoms with Gasteiger partial charge >= 0.3 is 17.8 Å². The monoisotopic (exact) mass is 386 g/mol. The lowest BCUT2D eigenvalue weighted by molar-refractivity contribution is -0.144. The van der Waals surface area contributed by atoms with E-state index in [9.17, 15) is 14.4 Å². The van der Waals surface area contributed by atoms with E-state index in [4.69, 9.17) is 0 Å². The Morgan fingerprint density at radius 2 is 1.67 bits per heavy atom. The van der Waals surface area contributed by atoms with E-state index in [1.54, 1.807) is 13.0 Å². The SMILES string of the molecule is CC(c1ccccc1)N1C(=O)C(=O)N(Cc2cccc(Br)c2)C1=O. The van der Waals surface area contributed by atoms with Crippen molar-refractivity contribution in [3.05, 3.63) is 70.2 Å². The molecule has 0 saturated carbocycles. The van der Waals surface area contributed by atoms with Crippen LogP contribution in [0.15, 0.2) is 59.1 Å². The quantitative estimate of drug-likeness (QED) is 0.596. The predicted octanol–water partition coefficient (Wildman–Crippen LogP) is 3.50. The molecule has 1 saturated heterocycles. The number of halogens is 1. The highest BCUT2D eigenvalue weighted by molar-refractivity contribution is 9.10. The van der Waals surface area contributed by atoms with E-state index in [1.807, 2.05) is 48.5 Å². The highest BCUT2D eigenvalue weighted by Crippen LogP contribution is 2.27. The molecule has 0 aliphatic carbocycles. The fourth-order valence-corrected chi connectivity index (χ4v) is 3.15. The lowest BCUT2D eigenvalue weighted by atomic mass is 10.1. The molecule has 3 rings (SSSR count). The normalized spacial score (nSPS) is 16.0. The summed E-state index contributed by atoms with van der Waals surface area (Å²) >= 11 is 3.35. The minimum absolute atomic E-state index is 0.0703. The second kappa shape index (κ2) is 6.57. The van der Waals surface area contributed by atoms with Gasteiger partial charge < -0.3 is 0 Å². The summed E-state index contributed by atoms with van der Waals surface area (Å²) in [5, 5.41) is 0. The summed E-state index contributed by atoms with van der Waals surface area (Å²) in [5.41, 5.74) is 1.57. The molecule has 1 aliphatic heterocycles. The van der Waals surface area contributed by atoms with Crippen molar-refractivity contribution in [2.24, 2.45) is 0 Å². The number of carbonyl (C=O) groups excluding carboxylic acids is 3. The zero-order valence-corrected chi connectivity index (χ0v) is 14.6. The Balaban J connectivity index is 1.85. The van der Waals surface area contributed by atoms with Crippen molar-refractivity contribution in [2.75, 3.05) is 0 Å². The van der Waals surface area contributed by atoms with E-state index in [0.717, 1.165) is 25.4 Å². The lowest BCUT2D eigenvalue weighted by Gasteiger charge is -2.22. The summed E-state index contributed by atoms with van der Waals surface area (Å²) in [6.07, 6.45) is 0. The standard InChI is InChI=1S/C18H15BrN2O3/c1-12(14-7-3-2-4-8-14)21-17(23)16(22)20(18(21)24)11-13-6-5-9-15(19)10-13/h2-10,12H,11H2,1H3. The zero-order chi connectivity index (χ0) is 17.3. The smallest absolute Gasteiger partial charge is 0.263 e. The van der Waals surface area contributed by atoms with E-state index in [2.05, 4.69) is 15.9 Å². The molecule has 0 bridgehead atoms. The van der Waals surface area contributed by atoms with Gasteiger partial charge in [-0.2, -0.15) is 0 Å². The highest BCUT2D eigenvalue weighted by atomic mass is 79.9. The van der Waals surface area contributed by atoms with Crippen LogP contribution in [0, 0.1) is 0 Å². The van der Waals surface area contributed by atoms with Crippen LogP contribution in [0.1, 0.15) is 24.1 Å². The molecule has 0 radical (unpaired) electrons. The number of hydrogen-bond acceptors (Lipinski definition) is 3. The van der Waals surface area contributed by atoms with E-state index < -0.39 is 23.9 Å². The Hall–Kier alpha value is -2.47. The summed E-state index contributed by atoms with van der Waals surface area (Å²) in [5.74, 6) is -1.57. The van der Waals surface area contributed by atoms with Gasteiger partial charge in [-0.25, -0.2) is 9.69 Å². The Morgan fingerprint density at radius 3 is 2.33 bits per heavy atom. The van der Waals surface area contributed by atoms with Crippen LogP contribution < -0.4 is 0 Å². The van der Waals surface area contributed by atoms with Gasteiger partial charge in [-0.3, -0.25) is 14.5 Å². The second-order valence-electron chi connectivity index (χ2n) is 5.57. The Bertz CT molecular complexity index is 807. The first kappa shape index (κ1) is 16.4. The van der Waals surface area contributed by atoms with E-state index in [1.165, 1.54) is 0 Å². The second-order valence-corrected chi connectivity index (χ2v) is 6.48. The van der Waals surface area contributed by atoms with Crippen molar-refractivity contribution < 1.29 is 14.4 Å². The molecule has 1 atom stereocenters. The fraction of sp³-hybridized carbons (Fsp3) is 0.167. The predicted molar refractivity (Wildman–Crippen MR) is 91.8 cm³/mol. The largest absolute Gasteiger partial charge is 0.335 e. The molecule has 1 fully saturated rings. The molecule has 5 nitrogen and oxygen atoms in total. The van der Waals surface area contributed by atoms with Gasteiger partial charge in [0, 0.05) is 4.47 Å². The van der Waals surface area contributed by atoms with Gasteiger partial charge in [-0.05, 0) is 30.2 Å². The summed E-state index contributed by atoms with van der Waals surface area (Å²) in [6.45, 7) is 1.81. The number of carbonyl (C=O) groups is 3. The van der Waals surface area contributed by atoms with Crippen molar-refractivity contribution in [3.63, 3.8) is 0 Å². The van der Waals surface area contributed by atoms with Gasteiger partial charge in [0.25, 0.3) is 0 Å². The van der Waals surface area contributed by atoms with Crippen LogP contribution in [0.3, 0.4) is 0 Å². The number of amides is 4. The van der Waals surface area contributed by atoms with E-state index in [0.29, 0.717) is 0 Å². The summed E-state index contributed by atoms with van der Waals surface area (Å²) in [7, 11) is 0. The van der Waals surface area contributed by atoms with Crippen molar-refractivity contribution in [3.8, 4) is 0 Å². The van der Waals surface area contributed by atoms with Crippen LogP contribution in [0.25, 0.3) is 0 Å². The molecule has 2 aromatic rings. The first-order valence-corrected chi connectivity index (χ1v) is 8.26. The summed E-state index contributed by atoms with van der Waals surface area (Å²) in [4.78, 5) is 39.2. The molecule has 4 amide bonds. The summed E-state index contributed by atoms with van der Waals surface area (Å²) < 4.78 is 0.847. The number of rotatable bonds is 4. The third-order valence-corrected chi connectivity index (χ3v) is 4.48. The Morgan fingerprint density at radius 1 is 0.958 bits per heavy atom. The first-order chi connectivity index (χ1) is 11.5. The summed E-state index contributed by atoms with van der Waals surface area (Å²) in [6, 6.07) is 15.4. The van der Waals surface area contributed by atoms with Gasteiger partial charge in [0.05, 0.1) is 12.6 Å². The molecule has 0 N–H and O–H groups in total. The Labute approximate surface area is 148 Å². The maximum Gasteiger partial charge on any atom is 0.335 e. The van der Waals surface area contributed by atoms with E-state index in [-0.39, 0.29) is 6.54 Å². The molecular formula is C18H15BrN2O3. The van der Waals surface area contributed by atoms with Crippen molar-refractivity contribution in [2.45, 2.75) is 19.5 Å². The van der Waals surface area contributed by atoms with Crippen molar-refractivity contribution in [1.82, 2.24) is 9.80 Å². The minimum Gasteiger partial charge on any atom is -0.263 e. The maximum atomic E-state index is 12.6. The van der Waals surface area contributed by atoms with Gasteiger partial charge in [-0.15, -0.1) is 0 Å². The third-order valence-electron chi connectivity index (χ3n) is 3.98. The third kappa shape index (κ3) is 2.97. The van der Waals surface area contributed by atoms with Crippen molar-refractivity contribution >= 4 is 33.8 Å². The van der Waals surface area contributed by atoms with Crippen LogP contribution in [-0.2, 0) is 16.1 Å². The molecule has 122 valence electrons. The van der Waals surface area contributed by atoms with Crippen LogP contribution in [0.5, 0.6) is 0 Å². The number of benzene rings is 2. The molecule has 2 aromatic carbocycles. The zero-order valence-electron chi connectivity index (χ0n) is 13.0. The fourth-order valence-electron chi connectivity index (χ4n) is 2.70. The lowest BCUT2D eigenvalue weighted by Crippen LogP contribution is -2.35. The average molecular weight is 387 g/mol. The molecule has 1 aliphatic rings. The molecule has 1 unspecified atom stereocenters. The van der Waals surface area contributed by atoms with Crippen LogP contribution in [-0.4, -0.2) is 27.6 Å². The van der Waals surface area contributed by atoms with E-state index >= 15 is 0 Å². The van der Waals surface area contributed by atoms with Gasteiger partial charge in [0.2, 0.25) is 0 Å². The molecule has 6 heteroatoms. The van der Waals surface area contributed by atoms with Crippen LogP contribution in [0.4, 0.5) is 4.79 Å². The molecule has 1 heterocycles.